The standard InChI is InChI=1S/C24H28ClN3O2/c1-17-4-6-18(7-5-17)24(30)28-15-19-3-2-13-27(22(19)16-28)14-12-23(29)26-21-10-8-20(25)9-11-21/h4-11,19,22H,2-3,12-16H2,1H3,(H,26,29). The van der Waals surface area contributed by atoms with Crippen LogP contribution in [0.1, 0.15) is 35.2 Å². The molecule has 30 heavy (non-hydrogen) atoms. The highest BCUT2D eigenvalue weighted by atomic mass is 35.5. The predicted octanol–water partition coefficient (Wildman–Crippen LogP) is 4.21. The average Bonchev–Trinajstić information content (AvgIpc) is 3.19. The number of aryl methyl sites for hydroxylation is 1. The fraction of sp³-hybridized carbons (Fsp3) is 0.417. The first-order valence-electron chi connectivity index (χ1n) is 10.6. The third kappa shape index (κ3) is 4.85. The molecule has 0 saturated carbocycles. The minimum absolute atomic E-state index is 0.00466. The first-order chi connectivity index (χ1) is 14.5. The molecule has 0 bridgehead atoms. The van der Waals surface area contributed by atoms with Crippen LogP contribution in [-0.2, 0) is 4.79 Å². The highest BCUT2D eigenvalue weighted by molar-refractivity contribution is 6.30. The highest BCUT2D eigenvalue weighted by Gasteiger charge is 2.40. The fourth-order valence-corrected chi connectivity index (χ4v) is 4.72. The Morgan fingerprint density at radius 3 is 2.53 bits per heavy atom. The summed E-state index contributed by atoms with van der Waals surface area (Å²) in [6.07, 6.45) is 2.71. The van der Waals surface area contributed by atoms with Gasteiger partial charge >= 0.3 is 0 Å². The summed E-state index contributed by atoms with van der Waals surface area (Å²) in [4.78, 5) is 29.7. The van der Waals surface area contributed by atoms with E-state index in [9.17, 15) is 9.59 Å². The SMILES string of the molecule is Cc1ccc(C(=O)N2CC3CCCN(CCC(=O)Nc4ccc(Cl)cc4)C3C2)cc1. The van der Waals surface area contributed by atoms with E-state index in [1.54, 1.807) is 12.1 Å². The topological polar surface area (TPSA) is 52.7 Å². The zero-order valence-electron chi connectivity index (χ0n) is 17.3. The first kappa shape index (κ1) is 20.9. The maximum atomic E-state index is 12.9. The first-order valence-corrected chi connectivity index (χ1v) is 11.0. The summed E-state index contributed by atoms with van der Waals surface area (Å²) >= 11 is 5.90. The van der Waals surface area contributed by atoms with Gasteiger partial charge in [-0.15, -0.1) is 0 Å². The predicted molar refractivity (Wildman–Crippen MR) is 120 cm³/mol. The summed E-state index contributed by atoms with van der Waals surface area (Å²) in [6.45, 7) is 5.29. The van der Waals surface area contributed by atoms with Crippen LogP contribution in [-0.4, -0.2) is 53.8 Å². The molecule has 4 rings (SSSR count). The van der Waals surface area contributed by atoms with Crippen molar-refractivity contribution in [3.8, 4) is 0 Å². The van der Waals surface area contributed by atoms with Gasteiger partial charge in [0, 0.05) is 48.4 Å². The van der Waals surface area contributed by atoms with Gasteiger partial charge in [-0.3, -0.25) is 14.5 Å². The van der Waals surface area contributed by atoms with Gasteiger partial charge < -0.3 is 10.2 Å². The van der Waals surface area contributed by atoms with Crippen LogP contribution < -0.4 is 5.32 Å². The minimum Gasteiger partial charge on any atom is -0.337 e. The third-order valence-electron chi connectivity index (χ3n) is 6.24. The van der Waals surface area contributed by atoms with E-state index in [-0.39, 0.29) is 11.8 Å². The lowest BCUT2D eigenvalue weighted by atomic mass is 9.92. The number of halogens is 1. The lowest BCUT2D eigenvalue weighted by Gasteiger charge is -2.36. The van der Waals surface area contributed by atoms with Gasteiger partial charge in [-0.05, 0) is 68.6 Å². The molecule has 2 fully saturated rings. The Hall–Kier alpha value is -2.37. The Kier molecular flexibility index (Phi) is 6.40. The summed E-state index contributed by atoms with van der Waals surface area (Å²) in [5, 5.41) is 3.58. The molecule has 0 aliphatic carbocycles. The number of carbonyl (C=O) groups excluding carboxylic acids is 2. The van der Waals surface area contributed by atoms with E-state index < -0.39 is 0 Å². The van der Waals surface area contributed by atoms with Crippen molar-refractivity contribution in [3.05, 3.63) is 64.7 Å². The Morgan fingerprint density at radius 2 is 1.80 bits per heavy atom. The molecule has 158 valence electrons. The van der Waals surface area contributed by atoms with Crippen LogP contribution in [0.15, 0.2) is 48.5 Å². The van der Waals surface area contributed by atoms with Gasteiger partial charge in [0.25, 0.3) is 5.91 Å². The summed E-state index contributed by atoms with van der Waals surface area (Å²) in [6, 6.07) is 15.3. The molecule has 0 aromatic heterocycles. The Balaban J connectivity index is 1.33. The molecule has 2 aliphatic rings. The number of fused-ring (bicyclic) bond motifs is 1. The third-order valence-corrected chi connectivity index (χ3v) is 6.49. The second kappa shape index (κ2) is 9.19. The molecule has 2 saturated heterocycles. The Labute approximate surface area is 183 Å². The molecule has 2 atom stereocenters. The fourth-order valence-electron chi connectivity index (χ4n) is 4.60. The van der Waals surface area contributed by atoms with Crippen LogP contribution in [0.2, 0.25) is 5.02 Å². The van der Waals surface area contributed by atoms with Crippen molar-refractivity contribution >= 4 is 29.1 Å². The summed E-state index contributed by atoms with van der Waals surface area (Å²) in [5.41, 5.74) is 2.68. The number of hydrogen-bond donors (Lipinski definition) is 1. The van der Waals surface area contributed by atoms with Crippen LogP contribution in [0.5, 0.6) is 0 Å². The van der Waals surface area contributed by atoms with E-state index in [2.05, 4.69) is 10.2 Å². The van der Waals surface area contributed by atoms with Gasteiger partial charge in [-0.1, -0.05) is 29.3 Å². The maximum absolute atomic E-state index is 12.9. The second-order valence-corrected chi connectivity index (χ2v) is 8.82. The molecule has 6 heteroatoms. The zero-order chi connectivity index (χ0) is 21.1. The summed E-state index contributed by atoms with van der Waals surface area (Å²) in [7, 11) is 0. The smallest absolute Gasteiger partial charge is 0.253 e. The molecular formula is C24H28ClN3O2. The van der Waals surface area contributed by atoms with Crippen LogP contribution in [0.4, 0.5) is 5.69 Å². The highest BCUT2D eigenvalue weighted by Crippen LogP contribution is 2.31. The molecule has 2 aliphatic heterocycles. The number of benzene rings is 2. The lowest BCUT2D eigenvalue weighted by molar-refractivity contribution is -0.116. The van der Waals surface area contributed by atoms with Crippen LogP contribution in [0.3, 0.4) is 0 Å². The van der Waals surface area contributed by atoms with E-state index in [1.807, 2.05) is 48.2 Å². The van der Waals surface area contributed by atoms with E-state index in [1.165, 1.54) is 0 Å². The van der Waals surface area contributed by atoms with Gasteiger partial charge in [0.15, 0.2) is 0 Å². The molecule has 0 radical (unpaired) electrons. The molecular weight excluding hydrogens is 398 g/mol. The van der Waals surface area contributed by atoms with Crippen LogP contribution >= 0.6 is 11.6 Å². The number of anilines is 1. The van der Waals surface area contributed by atoms with Gasteiger partial charge in [-0.25, -0.2) is 0 Å². The molecule has 2 heterocycles. The number of likely N-dealkylation sites (tertiary alicyclic amines) is 2. The zero-order valence-corrected chi connectivity index (χ0v) is 18.1. The lowest BCUT2D eigenvalue weighted by Crippen LogP contribution is -2.46. The Bertz CT molecular complexity index is 898. The van der Waals surface area contributed by atoms with E-state index in [0.717, 1.165) is 49.3 Å². The summed E-state index contributed by atoms with van der Waals surface area (Å²) in [5.74, 6) is 0.613. The monoisotopic (exact) mass is 425 g/mol. The molecule has 0 spiro atoms. The van der Waals surface area contributed by atoms with Crippen molar-refractivity contribution in [3.63, 3.8) is 0 Å². The van der Waals surface area contributed by atoms with E-state index in [4.69, 9.17) is 11.6 Å². The van der Waals surface area contributed by atoms with Gasteiger partial charge in [-0.2, -0.15) is 0 Å². The average molecular weight is 426 g/mol. The molecule has 1 N–H and O–H groups in total. The normalized spacial score (nSPS) is 21.3. The maximum Gasteiger partial charge on any atom is 0.253 e. The van der Waals surface area contributed by atoms with E-state index >= 15 is 0 Å². The van der Waals surface area contributed by atoms with Gasteiger partial charge in [0.2, 0.25) is 5.91 Å². The number of piperidine rings is 1. The van der Waals surface area contributed by atoms with Crippen molar-refractivity contribution in [1.82, 2.24) is 9.80 Å². The quantitative estimate of drug-likeness (QED) is 0.780. The van der Waals surface area contributed by atoms with Gasteiger partial charge in [0.05, 0.1) is 0 Å². The molecule has 2 unspecified atom stereocenters. The number of carbonyl (C=O) groups is 2. The van der Waals surface area contributed by atoms with Crippen molar-refractivity contribution in [2.24, 2.45) is 5.92 Å². The summed E-state index contributed by atoms with van der Waals surface area (Å²) < 4.78 is 0. The van der Waals surface area contributed by atoms with Crippen molar-refractivity contribution < 1.29 is 9.59 Å². The van der Waals surface area contributed by atoms with Crippen molar-refractivity contribution in [2.75, 3.05) is 31.5 Å². The Morgan fingerprint density at radius 1 is 1.07 bits per heavy atom. The van der Waals surface area contributed by atoms with Crippen LogP contribution in [0, 0.1) is 12.8 Å². The molecule has 2 aromatic carbocycles. The molecule has 2 amide bonds. The number of hydrogen-bond acceptors (Lipinski definition) is 3. The van der Waals surface area contributed by atoms with Crippen molar-refractivity contribution in [1.29, 1.82) is 0 Å². The van der Waals surface area contributed by atoms with E-state index in [0.29, 0.717) is 29.9 Å². The van der Waals surface area contributed by atoms with Crippen molar-refractivity contribution in [2.45, 2.75) is 32.2 Å². The number of amides is 2. The van der Waals surface area contributed by atoms with Crippen LogP contribution in [0.25, 0.3) is 0 Å². The molecule has 2 aromatic rings. The molecule has 5 nitrogen and oxygen atoms in total. The second-order valence-electron chi connectivity index (χ2n) is 8.39. The number of nitrogens with zero attached hydrogens (tertiary/aromatic N) is 2. The number of nitrogens with one attached hydrogen (secondary N) is 1. The minimum atomic E-state index is 0.00466. The van der Waals surface area contributed by atoms with Gasteiger partial charge in [0.1, 0.15) is 0 Å². The number of rotatable bonds is 5. The largest absolute Gasteiger partial charge is 0.337 e.